The lowest BCUT2D eigenvalue weighted by atomic mass is 9.84. The number of hydrogen-bond donors (Lipinski definition) is 2. The van der Waals surface area contributed by atoms with Crippen molar-refractivity contribution in [2.75, 3.05) is 13.2 Å². The highest BCUT2D eigenvalue weighted by atomic mass is 16.6. The van der Waals surface area contributed by atoms with Crippen molar-refractivity contribution in [1.29, 1.82) is 0 Å². The van der Waals surface area contributed by atoms with E-state index < -0.39 is 23.1 Å². The van der Waals surface area contributed by atoms with Crippen LogP contribution >= 0.6 is 0 Å². The van der Waals surface area contributed by atoms with Gasteiger partial charge in [-0.3, -0.25) is 0 Å². The molecule has 0 aliphatic rings. The van der Waals surface area contributed by atoms with Gasteiger partial charge < -0.3 is 28.5 Å². The van der Waals surface area contributed by atoms with E-state index in [1.165, 1.54) is 0 Å². The molecule has 0 atom stereocenters. The fraction of sp³-hybridized carbons (Fsp3) is 0.114. The second kappa shape index (κ2) is 11.8. The zero-order valence-electron chi connectivity index (χ0n) is 23.5. The highest BCUT2D eigenvalue weighted by molar-refractivity contribution is 5.89. The van der Waals surface area contributed by atoms with Gasteiger partial charge in [0.15, 0.2) is 0 Å². The van der Waals surface area contributed by atoms with Crippen LogP contribution in [0.25, 0.3) is 21.9 Å². The van der Waals surface area contributed by atoms with E-state index in [1.54, 1.807) is 84.9 Å². The first-order valence-electron chi connectivity index (χ1n) is 13.8. The molecule has 6 rings (SSSR count). The Bertz CT molecular complexity index is 2010. The minimum atomic E-state index is -1.26. The largest absolute Gasteiger partial charge is 0.507 e. The topological polar surface area (TPSA) is 136 Å². The zero-order chi connectivity index (χ0) is 30.8. The molecule has 9 heteroatoms. The second-order valence-corrected chi connectivity index (χ2v) is 10.1. The molecule has 4 aromatic carbocycles. The Kier molecular flexibility index (Phi) is 7.59. The Hall–Kier alpha value is -5.83. The molecule has 220 valence electrons. The molecule has 6 aromatic rings. The Morgan fingerprint density at radius 3 is 1.77 bits per heavy atom. The average Bonchev–Trinajstić information content (AvgIpc) is 3.03. The quantitative estimate of drug-likeness (QED) is 0.124. The van der Waals surface area contributed by atoms with Gasteiger partial charge in [0.1, 0.15) is 41.6 Å². The normalized spacial score (nSPS) is 11.2. The van der Waals surface area contributed by atoms with E-state index in [-0.39, 0.29) is 57.8 Å². The predicted octanol–water partition coefficient (Wildman–Crippen LogP) is 6.04. The Labute approximate surface area is 250 Å². The first-order valence-corrected chi connectivity index (χ1v) is 13.8. The number of carbonyl (C=O) groups is 1. The molecule has 0 aliphatic heterocycles. The summed E-state index contributed by atoms with van der Waals surface area (Å²) in [4.78, 5) is 38.9. The van der Waals surface area contributed by atoms with Crippen molar-refractivity contribution in [3.63, 3.8) is 0 Å². The Morgan fingerprint density at radius 1 is 0.705 bits per heavy atom. The number of carbonyl (C=O) groups excluding carboxylic acids is 1. The molecule has 0 bridgehead atoms. The molecule has 2 N–H and O–H groups in total. The van der Waals surface area contributed by atoms with Crippen molar-refractivity contribution in [3.05, 3.63) is 146 Å². The smallest absolute Gasteiger partial charge is 0.344 e. The summed E-state index contributed by atoms with van der Waals surface area (Å²) < 4.78 is 22.0. The lowest BCUT2D eigenvalue weighted by Crippen LogP contribution is -2.21. The minimum absolute atomic E-state index is 0.00903. The summed E-state index contributed by atoms with van der Waals surface area (Å²) in [5.41, 5.74) is -0.0609. The molecular formula is C35H26O9. The highest BCUT2D eigenvalue weighted by Crippen LogP contribution is 2.42. The first kappa shape index (κ1) is 28.3. The van der Waals surface area contributed by atoms with E-state index in [0.29, 0.717) is 16.9 Å². The molecular weight excluding hydrogens is 564 g/mol. The van der Waals surface area contributed by atoms with Crippen molar-refractivity contribution in [3.8, 4) is 17.2 Å². The number of para-hydroxylation sites is 2. The molecule has 9 nitrogen and oxygen atoms in total. The molecule has 2 aromatic heterocycles. The lowest BCUT2D eigenvalue weighted by molar-refractivity contribution is 0.0450. The highest BCUT2D eigenvalue weighted by Gasteiger charge is 2.32. The molecule has 0 amide bonds. The van der Waals surface area contributed by atoms with Crippen LogP contribution in [0.3, 0.4) is 0 Å². The van der Waals surface area contributed by atoms with Crippen molar-refractivity contribution < 1.29 is 33.3 Å². The summed E-state index contributed by atoms with van der Waals surface area (Å²) >= 11 is 0. The third-order valence-electron chi connectivity index (χ3n) is 7.30. The summed E-state index contributed by atoms with van der Waals surface area (Å²) in [6.07, 6.45) is 0. The van der Waals surface area contributed by atoms with Gasteiger partial charge in [-0.05, 0) is 61.0 Å². The molecule has 0 aliphatic carbocycles. The van der Waals surface area contributed by atoms with Crippen LogP contribution in [0.1, 0.15) is 38.5 Å². The van der Waals surface area contributed by atoms with E-state index in [0.717, 1.165) is 5.56 Å². The van der Waals surface area contributed by atoms with Crippen LogP contribution in [0.5, 0.6) is 17.2 Å². The van der Waals surface area contributed by atoms with Crippen LogP contribution in [-0.2, 0) is 4.74 Å². The average molecular weight is 591 g/mol. The summed E-state index contributed by atoms with van der Waals surface area (Å²) in [7, 11) is 0. The van der Waals surface area contributed by atoms with Crippen LogP contribution in [0.15, 0.2) is 115 Å². The van der Waals surface area contributed by atoms with Gasteiger partial charge in [0.05, 0.1) is 33.4 Å². The van der Waals surface area contributed by atoms with Crippen LogP contribution < -0.4 is 16.0 Å². The standard InChI is InChI=1S/C35H26O9/c1-20-10-12-22(13-11-20)33(38)42-19-18-41-23-16-14-21(15-17-23)28(29-31(36)24-6-2-4-8-26(24)43-34(29)39)30-32(37)25-7-3-5-9-27(25)44-35(30)40/h2-17,28,36-37H,18-19H2,1H3. The predicted molar refractivity (Wildman–Crippen MR) is 163 cm³/mol. The van der Waals surface area contributed by atoms with Gasteiger partial charge >= 0.3 is 17.2 Å². The van der Waals surface area contributed by atoms with E-state index in [1.807, 2.05) is 19.1 Å². The fourth-order valence-corrected chi connectivity index (χ4v) is 5.11. The van der Waals surface area contributed by atoms with Gasteiger partial charge in [0.2, 0.25) is 0 Å². The molecule has 0 saturated heterocycles. The fourth-order valence-electron chi connectivity index (χ4n) is 5.11. The summed E-state index contributed by atoms with van der Waals surface area (Å²) in [5, 5.41) is 23.2. The number of ether oxygens (including phenoxy) is 2. The number of esters is 1. The van der Waals surface area contributed by atoms with Crippen LogP contribution in [0.4, 0.5) is 0 Å². The van der Waals surface area contributed by atoms with Crippen molar-refractivity contribution in [2.24, 2.45) is 0 Å². The minimum Gasteiger partial charge on any atom is -0.507 e. The third-order valence-corrected chi connectivity index (χ3v) is 7.30. The van der Waals surface area contributed by atoms with Crippen LogP contribution in [-0.4, -0.2) is 29.4 Å². The molecule has 0 unspecified atom stereocenters. The van der Waals surface area contributed by atoms with E-state index in [4.69, 9.17) is 18.3 Å². The number of benzene rings is 4. The Balaban J connectivity index is 1.34. The van der Waals surface area contributed by atoms with Crippen molar-refractivity contribution in [1.82, 2.24) is 0 Å². The number of aromatic hydroxyl groups is 2. The number of aryl methyl sites for hydroxylation is 1. The second-order valence-electron chi connectivity index (χ2n) is 10.1. The summed E-state index contributed by atoms with van der Waals surface area (Å²) in [6.45, 7) is 2.01. The molecule has 0 saturated carbocycles. The van der Waals surface area contributed by atoms with E-state index >= 15 is 0 Å². The van der Waals surface area contributed by atoms with Crippen molar-refractivity contribution >= 4 is 27.9 Å². The number of fused-ring (bicyclic) bond motifs is 2. The Morgan fingerprint density at radius 2 is 1.23 bits per heavy atom. The molecule has 44 heavy (non-hydrogen) atoms. The van der Waals surface area contributed by atoms with E-state index in [2.05, 4.69) is 0 Å². The lowest BCUT2D eigenvalue weighted by Gasteiger charge is -2.20. The zero-order valence-corrected chi connectivity index (χ0v) is 23.5. The van der Waals surface area contributed by atoms with E-state index in [9.17, 15) is 24.6 Å². The number of rotatable bonds is 8. The van der Waals surface area contributed by atoms with Crippen LogP contribution in [0.2, 0.25) is 0 Å². The summed E-state index contributed by atoms with van der Waals surface area (Å²) in [5.74, 6) is -2.08. The van der Waals surface area contributed by atoms with Gasteiger partial charge in [0.25, 0.3) is 0 Å². The maximum Gasteiger partial charge on any atom is 0.344 e. The number of hydrogen-bond acceptors (Lipinski definition) is 9. The maximum absolute atomic E-state index is 13.3. The molecule has 0 radical (unpaired) electrons. The van der Waals surface area contributed by atoms with Gasteiger partial charge in [-0.2, -0.15) is 0 Å². The third kappa shape index (κ3) is 5.38. The SMILES string of the molecule is Cc1ccc(C(=O)OCCOc2ccc(C(c3c(O)c4ccccc4oc3=O)c3c(O)c4ccccc4oc3=O)cc2)cc1. The van der Waals surface area contributed by atoms with Gasteiger partial charge in [-0.15, -0.1) is 0 Å². The molecule has 0 fully saturated rings. The summed E-state index contributed by atoms with van der Waals surface area (Å²) in [6, 6.07) is 26.3. The van der Waals surface area contributed by atoms with Gasteiger partial charge in [0, 0.05) is 0 Å². The first-order chi connectivity index (χ1) is 21.3. The monoisotopic (exact) mass is 590 g/mol. The molecule has 2 heterocycles. The molecule has 0 spiro atoms. The maximum atomic E-state index is 13.3. The van der Waals surface area contributed by atoms with Crippen LogP contribution in [0, 0.1) is 6.92 Å². The van der Waals surface area contributed by atoms with Crippen molar-refractivity contribution in [2.45, 2.75) is 12.8 Å². The van der Waals surface area contributed by atoms with Gasteiger partial charge in [-0.25, -0.2) is 14.4 Å². The van der Waals surface area contributed by atoms with Gasteiger partial charge in [-0.1, -0.05) is 54.1 Å².